The van der Waals surface area contributed by atoms with E-state index in [1.54, 1.807) is 29.2 Å². The molecular weight excluding hydrogens is 350 g/mol. The van der Waals surface area contributed by atoms with Crippen LogP contribution in [0.1, 0.15) is 12.5 Å². The highest BCUT2D eigenvalue weighted by molar-refractivity contribution is 7.90. The molecule has 6 nitrogen and oxygen atoms in total. The van der Waals surface area contributed by atoms with Crippen LogP contribution >= 0.6 is 0 Å². The van der Waals surface area contributed by atoms with E-state index < -0.39 is 10.2 Å². The lowest BCUT2D eigenvalue weighted by Crippen LogP contribution is -2.48. The van der Waals surface area contributed by atoms with Crippen LogP contribution in [-0.4, -0.2) is 45.3 Å². The van der Waals surface area contributed by atoms with Gasteiger partial charge in [-0.15, -0.1) is 0 Å². The lowest BCUT2D eigenvalue weighted by atomic mass is 10.1. The molecule has 2 aromatic carbocycles. The highest BCUT2D eigenvalue weighted by atomic mass is 32.2. The summed E-state index contributed by atoms with van der Waals surface area (Å²) in [6.07, 6.45) is 0.772. The third-order valence-corrected chi connectivity index (χ3v) is 6.36. The summed E-state index contributed by atoms with van der Waals surface area (Å²) >= 11 is 0. The molecule has 0 saturated carbocycles. The van der Waals surface area contributed by atoms with Gasteiger partial charge in [0.25, 0.3) is 0 Å². The molecule has 0 N–H and O–H groups in total. The van der Waals surface area contributed by atoms with Gasteiger partial charge in [-0.1, -0.05) is 36.4 Å². The Morgan fingerprint density at radius 3 is 2.35 bits per heavy atom. The van der Waals surface area contributed by atoms with Crippen LogP contribution in [0.15, 0.2) is 54.6 Å². The highest BCUT2D eigenvalue weighted by Crippen LogP contribution is 2.32. The normalized spacial score (nSPS) is 16.6. The molecule has 1 aliphatic rings. The predicted octanol–water partition coefficient (Wildman–Crippen LogP) is 2.28. The van der Waals surface area contributed by atoms with Crippen molar-refractivity contribution in [2.45, 2.75) is 19.4 Å². The zero-order chi connectivity index (χ0) is 18.9. The third kappa shape index (κ3) is 3.32. The SMILES string of the molecule is C[C@H]1Cc2ccccc2N1C(=O)CN(c1ccccc1)S(=O)(=O)N(C)C. The molecule has 0 fully saturated rings. The van der Waals surface area contributed by atoms with Crippen molar-refractivity contribution in [1.29, 1.82) is 0 Å². The molecule has 138 valence electrons. The van der Waals surface area contributed by atoms with Gasteiger partial charge in [-0.25, -0.2) is 4.31 Å². The van der Waals surface area contributed by atoms with Crippen LogP contribution in [0.3, 0.4) is 0 Å². The van der Waals surface area contributed by atoms with Gasteiger partial charge in [0, 0.05) is 25.8 Å². The van der Waals surface area contributed by atoms with E-state index in [0.717, 1.165) is 26.3 Å². The molecule has 1 amide bonds. The molecule has 2 aromatic rings. The van der Waals surface area contributed by atoms with E-state index >= 15 is 0 Å². The van der Waals surface area contributed by atoms with Gasteiger partial charge in [0.05, 0.1) is 5.69 Å². The number of para-hydroxylation sites is 2. The summed E-state index contributed by atoms with van der Waals surface area (Å²) in [4.78, 5) is 14.8. The van der Waals surface area contributed by atoms with E-state index in [2.05, 4.69) is 0 Å². The zero-order valence-corrected chi connectivity index (χ0v) is 16.0. The maximum absolute atomic E-state index is 13.1. The Kier molecular flexibility index (Phi) is 5.02. The second-order valence-electron chi connectivity index (χ2n) is 6.58. The second kappa shape index (κ2) is 7.09. The van der Waals surface area contributed by atoms with Crippen molar-refractivity contribution in [3.05, 3.63) is 60.2 Å². The summed E-state index contributed by atoms with van der Waals surface area (Å²) < 4.78 is 27.9. The fraction of sp³-hybridized carbons (Fsp3) is 0.316. The van der Waals surface area contributed by atoms with Crippen molar-refractivity contribution in [3.8, 4) is 0 Å². The van der Waals surface area contributed by atoms with Crippen LogP contribution < -0.4 is 9.21 Å². The monoisotopic (exact) mass is 373 g/mol. The van der Waals surface area contributed by atoms with E-state index in [4.69, 9.17) is 0 Å². The smallest absolute Gasteiger partial charge is 0.304 e. The summed E-state index contributed by atoms with van der Waals surface area (Å²) in [5.74, 6) is -0.239. The average molecular weight is 373 g/mol. The Hall–Kier alpha value is -2.38. The minimum absolute atomic E-state index is 0.000386. The second-order valence-corrected chi connectivity index (χ2v) is 8.64. The number of hydrogen-bond donors (Lipinski definition) is 0. The average Bonchev–Trinajstić information content (AvgIpc) is 2.95. The van der Waals surface area contributed by atoms with Gasteiger partial charge < -0.3 is 4.90 Å². The fourth-order valence-corrected chi connectivity index (χ4v) is 4.30. The molecule has 0 radical (unpaired) electrons. The number of rotatable bonds is 5. The first-order valence-electron chi connectivity index (χ1n) is 8.47. The molecule has 1 atom stereocenters. The Labute approximate surface area is 154 Å². The van der Waals surface area contributed by atoms with Crippen molar-refractivity contribution in [3.63, 3.8) is 0 Å². The molecule has 0 aromatic heterocycles. The molecule has 1 aliphatic heterocycles. The van der Waals surface area contributed by atoms with Crippen LogP contribution in [0, 0.1) is 0 Å². The molecule has 0 spiro atoms. The first-order valence-corrected chi connectivity index (χ1v) is 9.87. The summed E-state index contributed by atoms with van der Waals surface area (Å²) in [5.41, 5.74) is 2.44. The molecule has 26 heavy (non-hydrogen) atoms. The van der Waals surface area contributed by atoms with Gasteiger partial charge >= 0.3 is 10.2 Å². The Morgan fingerprint density at radius 1 is 1.08 bits per heavy atom. The molecule has 0 aliphatic carbocycles. The maximum Gasteiger partial charge on any atom is 0.304 e. The van der Waals surface area contributed by atoms with E-state index in [1.165, 1.54) is 14.1 Å². The first kappa shape index (κ1) is 18.4. The number of amides is 1. The Bertz CT molecular complexity index is 897. The summed E-state index contributed by atoms with van der Waals surface area (Å²) in [6, 6.07) is 16.5. The van der Waals surface area contributed by atoms with Crippen LogP contribution in [0.2, 0.25) is 0 Å². The topological polar surface area (TPSA) is 60.9 Å². The summed E-state index contributed by atoms with van der Waals surface area (Å²) in [5, 5.41) is 0. The van der Waals surface area contributed by atoms with Gasteiger partial charge in [0.15, 0.2) is 0 Å². The number of benzene rings is 2. The molecular formula is C19H23N3O3S. The van der Waals surface area contributed by atoms with Crippen molar-refractivity contribution in [2.75, 3.05) is 29.8 Å². The highest BCUT2D eigenvalue weighted by Gasteiger charge is 2.34. The maximum atomic E-state index is 13.1. The van der Waals surface area contributed by atoms with Crippen molar-refractivity contribution in [2.24, 2.45) is 0 Å². The number of carbonyl (C=O) groups is 1. The Morgan fingerprint density at radius 2 is 1.69 bits per heavy atom. The van der Waals surface area contributed by atoms with E-state index in [9.17, 15) is 13.2 Å². The number of fused-ring (bicyclic) bond motifs is 1. The fourth-order valence-electron chi connectivity index (χ4n) is 3.24. The van der Waals surface area contributed by atoms with Crippen LogP contribution in [0.25, 0.3) is 0 Å². The molecule has 1 heterocycles. The minimum atomic E-state index is -3.79. The van der Waals surface area contributed by atoms with Crippen molar-refractivity contribution >= 4 is 27.5 Å². The lowest BCUT2D eigenvalue weighted by Gasteiger charge is -2.30. The number of anilines is 2. The van der Waals surface area contributed by atoms with Gasteiger partial charge in [0.2, 0.25) is 5.91 Å². The number of nitrogens with zero attached hydrogens (tertiary/aromatic N) is 3. The van der Waals surface area contributed by atoms with Crippen molar-refractivity contribution < 1.29 is 13.2 Å². The summed E-state index contributed by atoms with van der Waals surface area (Å²) in [7, 11) is -0.869. The minimum Gasteiger partial charge on any atom is -0.307 e. The number of hydrogen-bond acceptors (Lipinski definition) is 3. The summed E-state index contributed by atoms with van der Waals surface area (Å²) in [6.45, 7) is 1.73. The quantitative estimate of drug-likeness (QED) is 0.808. The largest absolute Gasteiger partial charge is 0.307 e. The van der Waals surface area contributed by atoms with Crippen LogP contribution in [0.4, 0.5) is 11.4 Å². The first-order chi connectivity index (χ1) is 12.3. The third-order valence-electron chi connectivity index (χ3n) is 4.54. The van der Waals surface area contributed by atoms with Gasteiger partial charge in [-0.05, 0) is 37.1 Å². The van der Waals surface area contributed by atoms with Crippen molar-refractivity contribution in [1.82, 2.24) is 4.31 Å². The van der Waals surface area contributed by atoms with Crippen LogP contribution in [-0.2, 0) is 21.4 Å². The molecule has 7 heteroatoms. The van der Waals surface area contributed by atoms with Gasteiger partial charge in [-0.3, -0.25) is 4.79 Å². The lowest BCUT2D eigenvalue weighted by molar-refractivity contribution is -0.117. The van der Waals surface area contributed by atoms with E-state index in [-0.39, 0.29) is 18.5 Å². The molecule has 0 saturated heterocycles. The molecule has 3 rings (SSSR count). The zero-order valence-electron chi connectivity index (χ0n) is 15.2. The number of carbonyl (C=O) groups excluding carboxylic acids is 1. The van der Waals surface area contributed by atoms with Crippen LogP contribution in [0.5, 0.6) is 0 Å². The Balaban J connectivity index is 1.94. The van der Waals surface area contributed by atoms with Gasteiger partial charge in [-0.2, -0.15) is 12.7 Å². The predicted molar refractivity (Wildman–Crippen MR) is 103 cm³/mol. The van der Waals surface area contributed by atoms with Gasteiger partial charge in [0.1, 0.15) is 6.54 Å². The molecule has 0 unspecified atom stereocenters. The standard InChI is InChI=1S/C19H23N3O3S/c1-15-13-16-9-7-8-12-18(16)22(15)19(23)14-21(26(24,25)20(2)3)17-10-5-4-6-11-17/h4-12,15H,13-14H2,1-3H3/t15-/m0/s1. The molecule has 0 bridgehead atoms. The van der Waals surface area contributed by atoms with E-state index in [1.807, 2.05) is 37.3 Å². The van der Waals surface area contributed by atoms with E-state index in [0.29, 0.717) is 5.69 Å².